The molecule has 6 nitrogen and oxygen atoms in total. The maximum absolute atomic E-state index is 11.8. The topological polar surface area (TPSA) is 75.7 Å². The van der Waals surface area contributed by atoms with Crippen molar-refractivity contribution >= 4 is 23.3 Å². The standard InChI is InChI=1S/C13H12N4O2S/c1-7-3-4-10(19-2)9(5-7)17-11-8(6-14-17)12(18)16-13(20)15-11/h3-6H,1-2H3,(H2,15,16,18,20). The van der Waals surface area contributed by atoms with Crippen molar-refractivity contribution in [2.24, 2.45) is 0 Å². The number of nitrogens with zero attached hydrogens (tertiary/aromatic N) is 2. The van der Waals surface area contributed by atoms with Crippen LogP contribution in [0.25, 0.3) is 16.7 Å². The first kappa shape index (κ1) is 12.6. The molecule has 20 heavy (non-hydrogen) atoms. The van der Waals surface area contributed by atoms with E-state index in [1.165, 1.54) is 6.20 Å². The van der Waals surface area contributed by atoms with Gasteiger partial charge in [0, 0.05) is 0 Å². The first-order valence-corrected chi connectivity index (χ1v) is 6.36. The van der Waals surface area contributed by atoms with E-state index in [9.17, 15) is 4.79 Å². The predicted molar refractivity (Wildman–Crippen MR) is 78.2 cm³/mol. The van der Waals surface area contributed by atoms with E-state index in [2.05, 4.69) is 15.1 Å². The minimum atomic E-state index is -0.262. The van der Waals surface area contributed by atoms with Gasteiger partial charge in [-0.25, -0.2) is 4.68 Å². The summed E-state index contributed by atoms with van der Waals surface area (Å²) in [4.78, 5) is 17.3. The first-order chi connectivity index (χ1) is 9.60. The lowest BCUT2D eigenvalue weighted by atomic mass is 10.2. The van der Waals surface area contributed by atoms with Crippen molar-refractivity contribution in [2.75, 3.05) is 7.11 Å². The lowest BCUT2D eigenvalue weighted by Crippen LogP contribution is -2.08. The molecule has 0 bridgehead atoms. The van der Waals surface area contributed by atoms with E-state index in [1.54, 1.807) is 11.8 Å². The number of aromatic amines is 2. The third kappa shape index (κ3) is 1.92. The number of ether oxygens (including phenoxy) is 1. The van der Waals surface area contributed by atoms with Crippen LogP contribution in [0.15, 0.2) is 29.2 Å². The molecule has 3 rings (SSSR count). The smallest absolute Gasteiger partial charge is 0.262 e. The number of benzene rings is 1. The van der Waals surface area contributed by atoms with E-state index >= 15 is 0 Å². The van der Waals surface area contributed by atoms with Gasteiger partial charge in [-0.3, -0.25) is 9.78 Å². The molecule has 0 aliphatic rings. The zero-order valence-corrected chi connectivity index (χ0v) is 11.7. The maximum atomic E-state index is 11.8. The largest absolute Gasteiger partial charge is 0.494 e. The van der Waals surface area contributed by atoms with E-state index < -0.39 is 0 Å². The SMILES string of the molecule is COc1ccc(C)cc1-n1ncc2c(=O)[nH]c(=S)[nH]c21. The van der Waals surface area contributed by atoms with Crippen LogP contribution < -0.4 is 10.3 Å². The molecule has 0 amide bonds. The normalized spacial score (nSPS) is 10.9. The highest BCUT2D eigenvalue weighted by atomic mass is 32.1. The molecular weight excluding hydrogens is 276 g/mol. The van der Waals surface area contributed by atoms with Gasteiger partial charge in [0.05, 0.1) is 13.3 Å². The van der Waals surface area contributed by atoms with Gasteiger partial charge in [-0.15, -0.1) is 0 Å². The van der Waals surface area contributed by atoms with E-state index in [0.29, 0.717) is 16.8 Å². The molecule has 0 fully saturated rings. The number of hydrogen-bond donors (Lipinski definition) is 2. The monoisotopic (exact) mass is 288 g/mol. The van der Waals surface area contributed by atoms with Crippen molar-refractivity contribution < 1.29 is 4.74 Å². The summed E-state index contributed by atoms with van der Waals surface area (Å²) in [7, 11) is 1.59. The molecule has 0 aliphatic carbocycles. The van der Waals surface area contributed by atoms with Crippen LogP contribution in [0.2, 0.25) is 0 Å². The highest BCUT2D eigenvalue weighted by molar-refractivity contribution is 7.71. The third-order valence-corrected chi connectivity index (χ3v) is 3.24. The minimum Gasteiger partial charge on any atom is -0.494 e. The summed E-state index contributed by atoms with van der Waals surface area (Å²) in [5.74, 6) is 0.667. The molecule has 0 radical (unpaired) electrons. The fourth-order valence-electron chi connectivity index (χ4n) is 2.09. The molecule has 3 aromatic rings. The predicted octanol–water partition coefficient (Wildman–Crippen LogP) is 2.09. The highest BCUT2D eigenvalue weighted by Crippen LogP contribution is 2.25. The quantitative estimate of drug-likeness (QED) is 0.708. The van der Waals surface area contributed by atoms with Crippen LogP contribution in [0.5, 0.6) is 5.75 Å². The molecule has 2 heterocycles. The summed E-state index contributed by atoms with van der Waals surface area (Å²) in [5, 5.41) is 4.70. The van der Waals surface area contributed by atoms with E-state index in [4.69, 9.17) is 17.0 Å². The number of fused-ring (bicyclic) bond motifs is 1. The number of aryl methyl sites for hydroxylation is 1. The Labute approximate surface area is 119 Å². The minimum absolute atomic E-state index is 0.260. The molecule has 0 saturated heterocycles. The summed E-state index contributed by atoms with van der Waals surface area (Å²) in [6.45, 7) is 1.98. The second kappa shape index (κ2) is 4.61. The second-order valence-corrected chi connectivity index (χ2v) is 4.81. The molecular formula is C13H12N4O2S. The summed E-state index contributed by atoms with van der Waals surface area (Å²) in [5.41, 5.74) is 2.09. The van der Waals surface area contributed by atoms with E-state index in [0.717, 1.165) is 11.3 Å². The number of aromatic nitrogens is 4. The van der Waals surface area contributed by atoms with Crippen molar-refractivity contribution in [3.63, 3.8) is 0 Å². The van der Waals surface area contributed by atoms with Gasteiger partial charge >= 0.3 is 0 Å². The fourth-order valence-corrected chi connectivity index (χ4v) is 2.28. The molecule has 7 heteroatoms. The van der Waals surface area contributed by atoms with Gasteiger partial charge in [-0.05, 0) is 36.8 Å². The van der Waals surface area contributed by atoms with Gasteiger partial charge in [-0.1, -0.05) is 6.07 Å². The second-order valence-electron chi connectivity index (χ2n) is 4.40. The van der Waals surface area contributed by atoms with Crippen molar-refractivity contribution in [3.05, 3.63) is 45.1 Å². The van der Waals surface area contributed by atoms with Crippen LogP contribution >= 0.6 is 12.2 Å². The lowest BCUT2D eigenvalue weighted by Gasteiger charge is -2.10. The number of nitrogens with one attached hydrogen (secondary N) is 2. The number of hydrogen-bond acceptors (Lipinski definition) is 4. The Kier molecular flexibility index (Phi) is 2.90. The van der Waals surface area contributed by atoms with E-state index in [1.807, 2.05) is 25.1 Å². The van der Waals surface area contributed by atoms with Gasteiger partial charge in [0.15, 0.2) is 4.77 Å². The van der Waals surface area contributed by atoms with E-state index in [-0.39, 0.29) is 10.3 Å². The zero-order valence-electron chi connectivity index (χ0n) is 10.9. The molecule has 0 aliphatic heterocycles. The van der Waals surface area contributed by atoms with Crippen molar-refractivity contribution in [1.29, 1.82) is 0 Å². The lowest BCUT2D eigenvalue weighted by molar-refractivity contribution is 0.412. The van der Waals surface area contributed by atoms with Crippen LogP contribution in [-0.2, 0) is 0 Å². The van der Waals surface area contributed by atoms with Crippen LogP contribution in [-0.4, -0.2) is 26.9 Å². The van der Waals surface area contributed by atoms with Gasteiger partial charge in [-0.2, -0.15) is 5.10 Å². The van der Waals surface area contributed by atoms with Crippen molar-refractivity contribution in [3.8, 4) is 11.4 Å². The molecule has 0 saturated carbocycles. The van der Waals surface area contributed by atoms with Gasteiger partial charge in [0.2, 0.25) is 0 Å². The molecule has 102 valence electrons. The maximum Gasteiger partial charge on any atom is 0.262 e. The van der Waals surface area contributed by atoms with Crippen molar-refractivity contribution in [1.82, 2.24) is 19.7 Å². The third-order valence-electron chi connectivity index (χ3n) is 3.04. The number of rotatable bonds is 2. The Morgan fingerprint density at radius 2 is 2.15 bits per heavy atom. The molecule has 0 unspecified atom stereocenters. The fraction of sp³-hybridized carbons (Fsp3) is 0.154. The Bertz CT molecular complexity index is 907. The molecule has 2 N–H and O–H groups in total. The molecule has 1 aromatic carbocycles. The summed E-state index contributed by atoms with van der Waals surface area (Å²) >= 11 is 5.01. The van der Waals surface area contributed by atoms with Crippen LogP contribution in [0.1, 0.15) is 5.56 Å². The highest BCUT2D eigenvalue weighted by Gasteiger charge is 2.12. The summed E-state index contributed by atoms with van der Waals surface area (Å²) in [6.07, 6.45) is 1.50. The van der Waals surface area contributed by atoms with Crippen LogP contribution in [0.4, 0.5) is 0 Å². The Morgan fingerprint density at radius 1 is 1.35 bits per heavy atom. The average Bonchev–Trinajstić information content (AvgIpc) is 2.82. The van der Waals surface area contributed by atoms with Crippen LogP contribution in [0.3, 0.4) is 0 Å². The average molecular weight is 288 g/mol. The molecule has 0 spiro atoms. The number of methoxy groups -OCH3 is 1. The number of H-pyrrole nitrogens is 2. The van der Waals surface area contributed by atoms with Gasteiger partial charge < -0.3 is 9.72 Å². The van der Waals surface area contributed by atoms with Crippen molar-refractivity contribution in [2.45, 2.75) is 6.92 Å². The van der Waals surface area contributed by atoms with Gasteiger partial charge in [0.1, 0.15) is 22.5 Å². The molecule has 0 atom stereocenters. The zero-order chi connectivity index (χ0) is 14.3. The molecule has 2 aromatic heterocycles. The van der Waals surface area contributed by atoms with Crippen LogP contribution in [0, 0.1) is 11.7 Å². The Balaban J connectivity index is 2.38. The Morgan fingerprint density at radius 3 is 2.90 bits per heavy atom. The summed E-state index contributed by atoms with van der Waals surface area (Å²) < 4.78 is 7.22. The van der Waals surface area contributed by atoms with Gasteiger partial charge in [0.25, 0.3) is 5.56 Å². The first-order valence-electron chi connectivity index (χ1n) is 5.95. The summed E-state index contributed by atoms with van der Waals surface area (Å²) in [6, 6.07) is 5.74. The Hall–Kier alpha value is -2.41.